The number of nitriles is 1. The summed E-state index contributed by atoms with van der Waals surface area (Å²) in [6.07, 6.45) is -1.61. The van der Waals surface area contributed by atoms with E-state index in [-0.39, 0.29) is 23.3 Å². The van der Waals surface area contributed by atoms with Crippen molar-refractivity contribution in [3.63, 3.8) is 0 Å². The van der Waals surface area contributed by atoms with E-state index in [0.717, 1.165) is 0 Å². The highest BCUT2D eigenvalue weighted by atomic mass is 16.4. The van der Waals surface area contributed by atoms with Crippen molar-refractivity contribution in [1.29, 1.82) is 5.26 Å². The van der Waals surface area contributed by atoms with Gasteiger partial charge in [0.25, 0.3) is 0 Å². The Morgan fingerprint density at radius 2 is 2.12 bits per heavy atom. The van der Waals surface area contributed by atoms with Crippen molar-refractivity contribution in [3.8, 4) is 6.07 Å². The van der Waals surface area contributed by atoms with Crippen LogP contribution in [0.5, 0.6) is 0 Å². The topological polar surface area (TPSA) is 98.4 Å². The van der Waals surface area contributed by atoms with Crippen LogP contribution in [0, 0.1) is 11.3 Å². The average Bonchev–Trinajstić information content (AvgIpc) is 2.27. The number of nitrogens with zero attached hydrogens (tertiary/aromatic N) is 1. The molecule has 17 heavy (non-hydrogen) atoms. The molecule has 0 saturated heterocycles. The number of aliphatic carboxylic acids is 1. The number of carboxylic acids is 1. The molecule has 5 heteroatoms. The van der Waals surface area contributed by atoms with Gasteiger partial charge in [0.15, 0.2) is 6.10 Å². The van der Waals surface area contributed by atoms with Crippen LogP contribution < -0.4 is 0 Å². The van der Waals surface area contributed by atoms with Gasteiger partial charge in [-0.3, -0.25) is 4.79 Å². The van der Waals surface area contributed by atoms with Crippen molar-refractivity contribution < 1.29 is 19.8 Å². The highest BCUT2D eigenvalue weighted by molar-refractivity contribution is 5.79. The summed E-state index contributed by atoms with van der Waals surface area (Å²) in [6, 6.07) is 6.15. The predicted octanol–water partition coefficient (Wildman–Crippen LogP) is 0.808. The van der Waals surface area contributed by atoms with E-state index in [9.17, 15) is 14.7 Å². The molecular formula is C12H11NO4. The summed E-state index contributed by atoms with van der Waals surface area (Å²) in [5, 5.41) is 26.9. The maximum atomic E-state index is 10.9. The fourth-order valence-corrected chi connectivity index (χ4v) is 1.47. The lowest BCUT2D eigenvalue weighted by Crippen LogP contribution is -2.12. The third kappa shape index (κ3) is 3.13. The minimum absolute atomic E-state index is 0.0127. The lowest BCUT2D eigenvalue weighted by atomic mass is 9.98. The molecule has 5 nitrogen and oxygen atoms in total. The van der Waals surface area contributed by atoms with Crippen LogP contribution in [0.3, 0.4) is 0 Å². The van der Waals surface area contributed by atoms with Gasteiger partial charge in [0, 0.05) is 12.0 Å². The van der Waals surface area contributed by atoms with Gasteiger partial charge < -0.3 is 10.2 Å². The van der Waals surface area contributed by atoms with Crippen molar-refractivity contribution in [3.05, 3.63) is 34.9 Å². The van der Waals surface area contributed by atoms with Crippen LogP contribution in [0.15, 0.2) is 18.2 Å². The number of aliphatic hydroxyl groups excluding tert-OH is 1. The zero-order valence-corrected chi connectivity index (χ0v) is 9.17. The Kier molecular flexibility index (Phi) is 3.96. The quantitative estimate of drug-likeness (QED) is 0.801. The molecular weight excluding hydrogens is 222 g/mol. The summed E-state index contributed by atoms with van der Waals surface area (Å²) in [5.41, 5.74) is 0.678. The number of Topliss-reactive ketones (excluding diaryl/α,β-unsaturated/α-hetero) is 1. The molecule has 0 radical (unpaired) electrons. The molecule has 0 fully saturated rings. The van der Waals surface area contributed by atoms with Gasteiger partial charge in [0.1, 0.15) is 5.78 Å². The van der Waals surface area contributed by atoms with Crippen LogP contribution in [0.4, 0.5) is 0 Å². The molecule has 0 spiro atoms. The van der Waals surface area contributed by atoms with E-state index < -0.39 is 12.1 Å². The second kappa shape index (κ2) is 5.23. The Labute approximate surface area is 97.9 Å². The number of hydrogen-bond acceptors (Lipinski definition) is 4. The Balaban J connectivity index is 3.20. The molecule has 0 aliphatic carbocycles. The van der Waals surface area contributed by atoms with E-state index in [1.165, 1.54) is 19.1 Å². The molecule has 0 heterocycles. The third-order valence-electron chi connectivity index (χ3n) is 2.22. The van der Waals surface area contributed by atoms with Gasteiger partial charge in [-0.25, -0.2) is 4.79 Å². The minimum atomic E-state index is -1.75. The highest BCUT2D eigenvalue weighted by Gasteiger charge is 2.20. The summed E-state index contributed by atoms with van der Waals surface area (Å²) in [4.78, 5) is 21.6. The zero-order chi connectivity index (χ0) is 13.0. The van der Waals surface area contributed by atoms with Gasteiger partial charge in [-0.15, -0.1) is 0 Å². The monoisotopic (exact) mass is 233 g/mol. The van der Waals surface area contributed by atoms with E-state index in [2.05, 4.69) is 0 Å². The van der Waals surface area contributed by atoms with Gasteiger partial charge in [-0.05, 0) is 18.6 Å². The van der Waals surface area contributed by atoms with Crippen LogP contribution in [-0.2, 0) is 16.0 Å². The summed E-state index contributed by atoms with van der Waals surface area (Å²) >= 11 is 0. The average molecular weight is 233 g/mol. The van der Waals surface area contributed by atoms with Gasteiger partial charge in [-0.1, -0.05) is 12.1 Å². The summed E-state index contributed by atoms with van der Waals surface area (Å²) < 4.78 is 0. The van der Waals surface area contributed by atoms with Crippen LogP contribution in [0.2, 0.25) is 0 Å². The molecule has 0 saturated carbocycles. The molecule has 1 aromatic carbocycles. The van der Waals surface area contributed by atoms with E-state index in [1.54, 1.807) is 12.1 Å². The van der Waals surface area contributed by atoms with E-state index in [1.807, 2.05) is 0 Å². The maximum Gasteiger partial charge on any atom is 0.337 e. The minimum Gasteiger partial charge on any atom is -0.479 e. The van der Waals surface area contributed by atoms with Crippen molar-refractivity contribution >= 4 is 11.8 Å². The first-order chi connectivity index (χ1) is 7.95. The lowest BCUT2D eigenvalue weighted by molar-refractivity contribution is -0.147. The summed E-state index contributed by atoms with van der Waals surface area (Å²) in [7, 11) is 0. The Bertz CT molecular complexity index is 502. The molecule has 0 bridgehead atoms. The van der Waals surface area contributed by atoms with Crippen molar-refractivity contribution in [2.45, 2.75) is 19.4 Å². The fourth-order valence-electron chi connectivity index (χ4n) is 1.47. The molecule has 88 valence electrons. The number of benzene rings is 1. The highest BCUT2D eigenvalue weighted by Crippen LogP contribution is 2.20. The first-order valence-corrected chi connectivity index (χ1v) is 4.89. The normalized spacial score (nSPS) is 11.6. The van der Waals surface area contributed by atoms with E-state index in [4.69, 9.17) is 10.4 Å². The Hall–Kier alpha value is -2.19. The van der Waals surface area contributed by atoms with Crippen LogP contribution in [0.25, 0.3) is 0 Å². The van der Waals surface area contributed by atoms with E-state index >= 15 is 0 Å². The number of rotatable bonds is 4. The molecule has 0 amide bonds. The molecule has 2 N–H and O–H groups in total. The predicted molar refractivity (Wildman–Crippen MR) is 58.1 cm³/mol. The Morgan fingerprint density at radius 1 is 1.47 bits per heavy atom. The van der Waals surface area contributed by atoms with Crippen molar-refractivity contribution in [1.82, 2.24) is 0 Å². The molecule has 0 aliphatic rings. The lowest BCUT2D eigenvalue weighted by Gasteiger charge is -2.09. The first-order valence-electron chi connectivity index (χ1n) is 4.89. The molecule has 1 atom stereocenters. The number of carbonyl (C=O) groups is 2. The Morgan fingerprint density at radius 3 is 2.59 bits per heavy atom. The van der Waals surface area contributed by atoms with Crippen LogP contribution in [-0.4, -0.2) is 22.0 Å². The maximum absolute atomic E-state index is 10.9. The zero-order valence-electron chi connectivity index (χ0n) is 9.17. The second-order valence-electron chi connectivity index (χ2n) is 3.65. The summed E-state index contributed by atoms with van der Waals surface area (Å²) in [5.74, 6) is -1.51. The van der Waals surface area contributed by atoms with Gasteiger partial charge in [0.05, 0.1) is 11.6 Å². The number of ketones is 1. The standard InChI is InChI=1S/C12H11NO4/c1-7(14)4-8-2-3-9(6-13)10(5-8)11(15)12(16)17/h2-3,5,11,15H,4H2,1H3,(H,16,17). The largest absolute Gasteiger partial charge is 0.479 e. The second-order valence-corrected chi connectivity index (χ2v) is 3.65. The third-order valence-corrected chi connectivity index (χ3v) is 2.22. The van der Waals surface area contributed by atoms with E-state index in [0.29, 0.717) is 5.56 Å². The van der Waals surface area contributed by atoms with Gasteiger partial charge >= 0.3 is 5.97 Å². The number of hydrogen-bond donors (Lipinski definition) is 2. The van der Waals surface area contributed by atoms with Gasteiger partial charge in [-0.2, -0.15) is 5.26 Å². The summed E-state index contributed by atoms with van der Waals surface area (Å²) in [6.45, 7) is 1.41. The number of carboxylic acid groups (broad SMARTS) is 1. The van der Waals surface area contributed by atoms with Crippen molar-refractivity contribution in [2.24, 2.45) is 0 Å². The van der Waals surface area contributed by atoms with Crippen molar-refractivity contribution in [2.75, 3.05) is 0 Å². The molecule has 1 aromatic rings. The van der Waals surface area contributed by atoms with Crippen LogP contribution in [0.1, 0.15) is 29.7 Å². The molecule has 1 unspecified atom stereocenters. The molecule has 1 rings (SSSR count). The number of aliphatic hydroxyl groups is 1. The molecule has 0 aromatic heterocycles. The molecule has 0 aliphatic heterocycles. The SMILES string of the molecule is CC(=O)Cc1ccc(C#N)c(C(O)C(=O)O)c1. The number of carbonyl (C=O) groups excluding carboxylic acids is 1. The smallest absolute Gasteiger partial charge is 0.337 e. The van der Waals surface area contributed by atoms with Crippen LogP contribution >= 0.6 is 0 Å². The fraction of sp³-hybridized carbons (Fsp3) is 0.250. The first kappa shape index (κ1) is 12.9. The van der Waals surface area contributed by atoms with Gasteiger partial charge in [0.2, 0.25) is 0 Å².